The molecule has 0 aromatic heterocycles. The molecule has 0 unspecified atom stereocenters. The van der Waals surface area contributed by atoms with E-state index in [0.29, 0.717) is 22.3 Å². The number of hydrogen-bond acceptors (Lipinski definition) is 16. The summed E-state index contributed by atoms with van der Waals surface area (Å²) in [5.74, 6) is -6.86. The average Bonchev–Trinajstić information content (AvgIpc) is 3.35. The van der Waals surface area contributed by atoms with Crippen molar-refractivity contribution in [2.24, 2.45) is 11.5 Å². The molecule has 0 saturated heterocycles. The van der Waals surface area contributed by atoms with Crippen LogP contribution in [0.1, 0.15) is 36.1 Å². The van der Waals surface area contributed by atoms with Crippen LogP contribution in [0.5, 0.6) is 11.5 Å². The van der Waals surface area contributed by atoms with Gasteiger partial charge in [-0.05, 0) is 73.2 Å². The monoisotopic (exact) mass is 998 g/mol. The van der Waals surface area contributed by atoms with Crippen LogP contribution in [0.4, 0.5) is 11.4 Å². The summed E-state index contributed by atoms with van der Waals surface area (Å²) in [7, 11) is 0. The number of nitrogens with one attached hydrogen (secondary N) is 8. The van der Waals surface area contributed by atoms with Gasteiger partial charge in [-0.3, -0.25) is 69.4 Å². The number of nitrogens with zero attached hydrogens (tertiary/aromatic N) is 2. The number of hydrazine groups is 1. The third kappa shape index (κ3) is 18.1. The molecule has 0 fully saturated rings. The standard InChI is InChI=1S/C46H54N12O14/c1-25(51-43(65)35(47)19-27-7-15-33(59)16-8-27)41(63)49-23-39(61)53-37(21-29-3-11-31(12-4-29)57(69)70)45(67)55-56-46(68)38(22-30-5-13-32(14-6-30)58(71)72)54-40(62)24-50-42(64)26(2)52-44(66)36(48)20-28-9-17-34(60)18-10-28/h3-18,25-26,35-38,59-60H,19-24,47-48H2,1-2H3,(H,49,63)(H,50,64)(H,51,65)(H,52,66)(H,53,61)(H,54,62)(H,55,67)(H,56,68)/t25-,26+,35+,36-,37+,38-. The van der Waals surface area contributed by atoms with Gasteiger partial charge >= 0.3 is 0 Å². The minimum atomic E-state index is -1.52. The van der Waals surface area contributed by atoms with E-state index in [-0.39, 0.29) is 48.6 Å². The summed E-state index contributed by atoms with van der Waals surface area (Å²) >= 11 is 0. The molecule has 0 bridgehead atoms. The molecular weight excluding hydrogens is 945 g/mol. The van der Waals surface area contributed by atoms with Crippen molar-refractivity contribution in [3.8, 4) is 11.5 Å². The molecule has 4 rings (SSSR count). The van der Waals surface area contributed by atoms with Crippen LogP contribution in [0.2, 0.25) is 0 Å². The van der Waals surface area contributed by atoms with Crippen LogP contribution < -0.4 is 54.2 Å². The largest absolute Gasteiger partial charge is 0.508 e. The molecule has 6 atom stereocenters. The maximum absolute atomic E-state index is 13.7. The number of nitro benzene ring substituents is 2. The first-order valence-corrected chi connectivity index (χ1v) is 22.0. The maximum Gasteiger partial charge on any atom is 0.269 e. The van der Waals surface area contributed by atoms with E-state index in [0.717, 1.165) is 24.3 Å². The quantitative estimate of drug-likeness (QED) is 0.0272. The molecule has 8 amide bonds. The molecule has 0 aliphatic carbocycles. The van der Waals surface area contributed by atoms with Crippen LogP contribution in [0, 0.1) is 20.2 Å². The average molecular weight is 999 g/mol. The topological polar surface area (TPSA) is 412 Å². The Morgan fingerprint density at radius 2 is 0.750 bits per heavy atom. The summed E-state index contributed by atoms with van der Waals surface area (Å²) in [6, 6.07) is 14.3. The van der Waals surface area contributed by atoms with Gasteiger partial charge in [-0.15, -0.1) is 0 Å². The van der Waals surface area contributed by atoms with Crippen molar-refractivity contribution in [2.45, 2.75) is 75.8 Å². The number of phenolic OH excluding ortho intramolecular Hbond substituents is 2. The number of benzene rings is 4. The van der Waals surface area contributed by atoms with Crippen LogP contribution >= 0.6 is 0 Å². The van der Waals surface area contributed by atoms with E-state index >= 15 is 0 Å². The van der Waals surface area contributed by atoms with Gasteiger partial charge in [-0.25, -0.2) is 0 Å². The molecule has 0 radical (unpaired) electrons. The van der Waals surface area contributed by atoms with Crippen molar-refractivity contribution < 1.29 is 58.4 Å². The Kier molecular flexibility index (Phi) is 20.6. The molecule has 72 heavy (non-hydrogen) atoms. The summed E-state index contributed by atoms with van der Waals surface area (Å²) in [5, 5.41) is 55.8. The van der Waals surface area contributed by atoms with E-state index in [1.54, 1.807) is 24.3 Å². The smallest absolute Gasteiger partial charge is 0.269 e. The molecular formula is C46H54N12O14. The van der Waals surface area contributed by atoms with Gasteiger partial charge in [0.15, 0.2) is 0 Å². The highest BCUT2D eigenvalue weighted by atomic mass is 16.6. The summed E-state index contributed by atoms with van der Waals surface area (Å²) < 4.78 is 0. The number of nitrogens with two attached hydrogens (primary N) is 2. The lowest BCUT2D eigenvalue weighted by molar-refractivity contribution is -0.385. The van der Waals surface area contributed by atoms with E-state index < -0.39 is 106 Å². The second-order valence-electron chi connectivity index (χ2n) is 16.3. The minimum Gasteiger partial charge on any atom is -0.508 e. The summed E-state index contributed by atoms with van der Waals surface area (Å²) in [6.07, 6.45) is -0.448. The molecule has 0 spiro atoms. The first-order valence-electron chi connectivity index (χ1n) is 22.0. The lowest BCUT2D eigenvalue weighted by Crippen LogP contribution is -2.59. The first kappa shape index (κ1) is 55.6. The van der Waals surface area contributed by atoms with Gasteiger partial charge in [0.2, 0.25) is 35.4 Å². The number of carbonyl (C=O) groups excluding carboxylic acids is 8. The Hall–Kier alpha value is -9.04. The van der Waals surface area contributed by atoms with Crippen molar-refractivity contribution in [2.75, 3.05) is 13.1 Å². The molecule has 26 heteroatoms. The molecule has 4 aromatic rings. The Bertz CT molecular complexity index is 2420. The van der Waals surface area contributed by atoms with E-state index in [9.17, 15) is 68.8 Å². The number of aromatic hydroxyl groups is 2. The Morgan fingerprint density at radius 1 is 0.458 bits per heavy atom. The SMILES string of the molecule is C[C@H](NC(=O)[C@H](N)Cc1ccc(O)cc1)C(=O)NCC(=O)N[C@H](Cc1ccc([N+](=O)[O-])cc1)C(=O)NNC(=O)[C@H](Cc1ccc([N+](=O)[O-])cc1)NC(=O)CNC(=O)[C@@H](C)NC(=O)[C@@H](N)Cc1ccc(O)cc1. The zero-order valence-electron chi connectivity index (χ0n) is 38.8. The number of phenols is 2. The zero-order chi connectivity index (χ0) is 53.1. The minimum absolute atomic E-state index is 0.0207. The van der Waals surface area contributed by atoms with Gasteiger partial charge in [0.25, 0.3) is 23.2 Å². The van der Waals surface area contributed by atoms with Gasteiger partial charge in [-0.2, -0.15) is 0 Å². The van der Waals surface area contributed by atoms with Crippen molar-refractivity contribution in [1.29, 1.82) is 0 Å². The Balaban J connectivity index is 1.39. The van der Waals surface area contributed by atoms with Crippen molar-refractivity contribution in [1.82, 2.24) is 42.8 Å². The van der Waals surface area contributed by atoms with Gasteiger partial charge in [0, 0.05) is 37.1 Å². The molecule has 4 aromatic carbocycles. The van der Waals surface area contributed by atoms with E-state index in [4.69, 9.17) is 11.5 Å². The maximum atomic E-state index is 13.7. The van der Waals surface area contributed by atoms with Crippen LogP contribution in [0.15, 0.2) is 97.1 Å². The predicted octanol–water partition coefficient (Wildman–Crippen LogP) is -1.80. The number of hydrogen-bond donors (Lipinski definition) is 12. The van der Waals surface area contributed by atoms with Gasteiger partial charge in [-0.1, -0.05) is 48.5 Å². The van der Waals surface area contributed by atoms with Crippen molar-refractivity contribution in [3.05, 3.63) is 140 Å². The number of rotatable bonds is 24. The number of nitro groups is 2. The fourth-order valence-electron chi connectivity index (χ4n) is 6.56. The Labute approximate surface area is 410 Å². The summed E-state index contributed by atoms with van der Waals surface area (Å²) in [5.41, 5.74) is 17.7. The van der Waals surface area contributed by atoms with Gasteiger partial charge in [0.05, 0.1) is 35.0 Å². The van der Waals surface area contributed by atoms with Gasteiger partial charge in [0.1, 0.15) is 35.7 Å². The van der Waals surface area contributed by atoms with Crippen LogP contribution in [0.3, 0.4) is 0 Å². The number of non-ortho nitro benzene ring substituents is 2. The van der Waals surface area contributed by atoms with E-state index in [2.05, 4.69) is 42.8 Å². The lowest BCUT2D eigenvalue weighted by atomic mass is 10.0. The van der Waals surface area contributed by atoms with Crippen LogP contribution in [0.25, 0.3) is 0 Å². The molecule has 0 heterocycles. The Morgan fingerprint density at radius 3 is 1.06 bits per heavy atom. The highest BCUT2D eigenvalue weighted by Crippen LogP contribution is 2.16. The molecule has 0 saturated carbocycles. The highest BCUT2D eigenvalue weighted by molar-refractivity contribution is 5.95. The number of amides is 8. The molecule has 0 aliphatic rings. The predicted molar refractivity (Wildman–Crippen MR) is 255 cm³/mol. The van der Waals surface area contributed by atoms with Crippen molar-refractivity contribution >= 4 is 58.6 Å². The molecule has 382 valence electrons. The third-order valence-corrected chi connectivity index (χ3v) is 10.6. The highest BCUT2D eigenvalue weighted by Gasteiger charge is 2.28. The lowest BCUT2D eigenvalue weighted by Gasteiger charge is -2.22. The first-order chi connectivity index (χ1) is 34.1. The zero-order valence-corrected chi connectivity index (χ0v) is 38.8. The summed E-state index contributed by atoms with van der Waals surface area (Å²) in [6.45, 7) is 1.24. The second kappa shape index (κ2) is 26.6. The van der Waals surface area contributed by atoms with Crippen LogP contribution in [-0.4, -0.2) is 117 Å². The normalized spacial score (nSPS) is 13.2. The fraction of sp³-hybridized carbons (Fsp3) is 0.304. The van der Waals surface area contributed by atoms with E-state index in [1.165, 1.54) is 62.4 Å². The summed E-state index contributed by atoms with van der Waals surface area (Å²) in [4.78, 5) is 126. The van der Waals surface area contributed by atoms with Crippen molar-refractivity contribution in [3.63, 3.8) is 0 Å². The van der Waals surface area contributed by atoms with E-state index in [1.807, 2.05) is 0 Å². The molecule has 0 aliphatic heterocycles. The van der Waals surface area contributed by atoms with Gasteiger partial charge < -0.3 is 53.6 Å². The fourth-order valence-corrected chi connectivity index (χ4v) is 6.56. The number of carbonyl (C=O) groups is 8. The van der Waals surface area contributed by atoms with Crippen LogP contribution in [-0.2, 0) is 64.0 Å². The third-order valence-electron chi connectivity index (χ3n) is 10.6. The second-order valence-corrected chi connectivity index (χ2v) is 16.3. The molecule has 14 N–H and O–H groups in total. The molecule has 26 nitrogen and oxygen atoms in total.